The molecule has 1 aliphatic rings. The van der Waals surface area contributed by atoms with E-state index in [4.69, 9.17) is 5.73 Å². The Labute approximate surface area is 173 Å². The fourth-order valence-corrected chi connectivity index (χ4v) is 5.31. The Morgan fingerprint density at radius 1 is 1.03 bits per heavy atom. The van der Waals surface area contributed by atoms with Crippen molar-refractivity contribution >= 4 is 43.4 Å². The van der Waals surface area contributed by atoms with Crippen LogP contribution in [0.25, 0.3) is 31.3 Å². The third-order valence-electron chi connectivity index (χ3n) is 5.77. The molecule has 1 amide bonds. The Morgan fingerprint density at radius 2 is 1.79 bits per heavy atom. The maximum atomic E-state index is 12.4. The molecule has 2 N–H and O–H groups in total. The number of guanidine groups is 1. The highest BCUT2D eigenvalue weighted by atomic mass is 32.1. The topological polar surface area (TPSA) is 58.7 Å². The second-order valence-corrected chi connectivity index (χ2v) is 8.79. The number of hydrogen-bond donors (Lipinski definition) is 1. The zero-order valence-corrected chi connectivity index (χ0v) is 17.2. The van der Waals surface area contributed by atoms with Crippen molar-refractivity contribution in [3.8, 4) is 11.1 Å². The molecular formula is C24H21N3OS. The smallest absolute Gasteiger partial charge is 0.231 e. The molecule has 1 aromatic heterocycles. The maximum Gasteiger partial charge on any atom is 0.231 e. The second-order valence-electron chi connectivity index (χ2n) is 7.73. The second kappa shape index (κ2) is 6.42. The van der Waals surface area contributed by atoms with Crippen LogP contribution < -0.4 is 5.73 Å². The molecule has 5 rings (SSSR count). The number of carbonyl (C=O) groups is 1. The number of nitrogens with two attached hydrogens (primary N) is 1. The summed E-state index contributed by atoms with van der Waals surface area (Å²) in [5.41, 5.74) is 8.67. The predicted molar refractivity (Wildman–Crippen MR) is 121 cm³/mol. The molecule has 29 heavy (non-hydrogen) atoms. The van der Waals surface area contributed by atoms with E-state index in [9.17, 15) is 4.79 Å². The zero-order valence-electron chi connectivity index (χ0n) is 16.3. The van der Waals surface area contributed by atoms with Crippen LogP contribution in [-0.2, 0) is 10.3 Å². The van der Waals surface area contributed by atoms with Crippen LogP contribution in [-0.4, -0.2) is 23.8 Å². The molecule has 2 heterocycles. The number of amides is 1. The standard InChI is InChI=1S/C24H21N3OS/c1-24(14-21(28)27(2)23(25)26-24)16-8-5-7-15(13-16)17-10-6-11-19-18-9-3-4-12-20(18)29-22(17)19/h3-13H,14H2,1-2H3,(H2,25,26). The molecule has 1 aliphatic heterocycles. The van der Waals surface area contributed by atoms with Gasteiger partial charge in [0.25, 0.3) is 0 Å². The summed E-state index contributed by atoms with van der Waals surface area (Å²) in [5.74, 6) is 0.248. The summed E-state index contributed by atoms with van der Waals surface area (Å²) < 4.78 is 2.56. The van der Waals surface area contributed by atoms with E-state index < -0.39 is 5.54 Å². The first-order valence-corrected chi connectivity index (χ1v) is 10.4. The number of benzene rings is 3. The molecule has 5 heteroatoms. The van der Waals surface area contributed by atoms with Crippen molar-refractivity contribution in [2.45, 2.75) is 18.9 Å². The fraction of sp³-hybridized carbons (Fsp3) is 0.167. The van der Waals surface area contributed by atoms with E-state index in [1.165, 1.54) is 30.6 Å². The lowest BCUT2D eigenvalue weighted by Crippen LogP contribution is -2.47. The van der Waals surface area contributed by atoms with Crippen molar-refractivity contribution in [2.24, 2.45) is 10.7 Å². The molecule has 1 atom stereocenters. The van der Waals surface area contributed by atoms with Crippen LogP contribution in [0, 0.1) is 0 Å². The highest BCUT2D eigenvalue weighted by molar-refractivity contribution is 7.26. The van der Waals surface area contributed by atoms with Crippen molar-refractivity contribution in [1.29, 1.82) is 0 Å². The largest absolute Gasteiger partial charge is 0.369 e. The van der Waals surface area contributed by atoms with Gasteiger partial charge in [-0.1, -0.05) is 54.6 Å². The average molecular weight is 400 g/mol. The van der Waals surface area contributed by atoms with Crippen LogP contribution >= 0.6 is 11.3 Å². The Morgan fingerprint density at radius 3 is 2.62 bits per heavy atom. The van der Waals surface area contributed by atoms with Gasteiger partial charge in [0.15, 0.2) is 5.96 Å². The van der Waals surface area contributed by atoms with E-state index in [-0.39, 0.29) is 11.9 Å². The lowest BCUT2D eigenvalue weighted by atomic mass is 9.86. The summed E-state index contributed by atoms with van der Waals surface area (Å²) in [6.45, 7) is 1.98. The van der Waals surface area contributed by atoms with Gasteiger partial charge in [0.2, 0.25) is 5.91 Å². The first-order valence-electron chi connectivity index (χ1n) is 9.59. The van der Waals surface area contributed by atoms with Crippen molar-refractivity contribution in [2.75, 3.05) is 7.05 Å². The molecule has 0 radical (unpaired) electrons. The minimum atomic E-state index is -0.655. The number of thiophene rings is 1. The van der Waals surface area contributed by atoms with Crippen molar-refractivity contribution in [3.05, 3.63) is 72.3 Å². The monoisotopic (exact) mass is 399 g/mol. The van der Waals surface area contributed by atoms with Crippen molar-refractivity contribution < 1.29 is 4.79 Å². The molecule has 0 spiro atoms. The molecule has 0 saturated heterocycles. The molecule has 0 aliphatic carbocycles. The summed E-state index contributed by atoms with van der Waals surface area (Å²) in [5, 5.41) is 2.56. The fourth-order valence-electron chi connectivity index (χ4n) is 4.07. The van der Waals surface area contributed by atoms with Crippen molar-refractivity contribution in [3.63, 3.8) is 0 Å². The van der Waals surface area contributed by atoms with Crippen LogP contribution in [0.5, 0.6) is 0 Å². The molecule has 4 nitrogen and oxygen atoms in total. The molecule has 4 aromatic rings. The third kappa shape index (κ3) is 2.81. The van der Waals surface area contributed by atoms with Gasteiger partial charge in [-0.25, -0.2) is 4.99 Å². The number of carbonyl (C=O) groups excluding carboxylic acids is 1. The highest BCUT2D eigenvalue weighted by Crippen LogP contribution is 2.41. The van der Waals surface area contributed by atoms with Gasteiger partial charge in [0.05, 0.1) is 12.0 Å². The first kappa shape index (κ1) is 17.9. The first-order chi connectivity index (χ1) is 14.0. The van der Waals surface area contributed by atoms with Gasteiger partial charge in [0.1, 0.15) is 0 Å². The van der Waals surface area contributed by atoms with Crippen LogP contribution in [0.2, 0.25) is 0 Å². The quantitative estimate of drug-likeness (QED) is 0.509. The van der Waals surface area contributed by atoms with E-state index in [0.29, 0.717) is 6.42 Å². The van der Waals surface area contributed by atoms with E-state index >= 15 is 0 Å². The molecule has 0 fully saturated rings. The van der Waals surface area contributed by atoms with Gasteiger partial charge < -0.3 is 5.73 Å². The minimum Gasteiger partial charge on any atom is -0.369 e. The summed E-state index contributed by atoms with van der Waals surface area (Å²) in [4.78, 5) is 18.5. The summed E-state index contributed by atoms with van der Waals surface area (Å²) in [6, 6.07) is 23.3. The van der Waals surface area contributed by atoms with Gasteiger partial charge >= 0.3 is 0 Å². The van der Waals surface area contributed by atoms with Crippen LogP contribution in [0.3, 0.4) is 0 Å². The van der Waals surface area contributed by atoms with Gasteiger partial charge in [-0.05, 0) is 35.7 Å². The number of nitrogens with zero attached hydrogens (tertiary/aromatic N) is 2. The summed E-state index contributed by atoms with van der Waals surface area (Å²) >= 11 is 1.82. The molecule has 144 valence electrons. The van der Waals surface area contributed by atoms with E-state index in [1.807, 2.05) is 30.4 Å². The molecule has 3 aromatic carbocycles. The normalized spacial score (nSPS) is 19.7. The zero-order chi connectivity index (χ0) is 20.2. The van der Waals surface area contributed by atoms with Gasteiger partial charge in [-0.2, -0.15) is 0 Å². The molecule has 0 bridgehead atoms. The number of hydrogen-bond acceptors (Lipinski definition) is 4. The Hall–Kier alpha value is -3.18. The Balaban J connectivity index is 1.67. The van der Waals surface area contributed by atoms with Gasteiger partial charge in [0, 0.05) is 27.2 Å². The lowest BCUT2D eigenvalue weighted by Gasteiger charge is -2.33. The Bertz CT molecular complexity index is 1310. The summed E-state index contributed by atoms with van der Waals surface area (Å²) in [6.07, 6.45) is 0.306. The van der Waals surface area contributed by atoms with Crippen LogP contribution in [0.1, 0.15) is 18.9 Å². The maximum absolute atomic E-state index is 12.4. The van der Waals surface area contributed by atoms with Gasteiger partial charge in [-0.15, -0.1) is 11.3 Å². The number of rotatable bonds is 2. The van der Waals surface area contributed by atoms with Crippen molar-refractivity contribution in [1.82, 2.24) is 4.90 Å². The molecule has 0 saturated carbocycles. The van der Waals surface area contributed by atoms with Crippen LogP contribution in [0.15, 0.2) is 71.7 Å². The number of aliphatic imine (C=N–C) groups is 1. The van der Waals surface area contributed by atoms with Gasteiger partial charge in [-0.3, -0.25) is 9.69 Å². The van der Waals surface area contributed by atoms with E-state index in [1.54, 1.807) is 7.05 Å². The Kier molecular flexibility index (Phi) is 3.96. The van der Waals surface area contributed by atoms with E-state index in [2.05, 4.69) is 59.6 Å². The van der Waals surface area contributed by atoms with E-state index in [0.717, 1.165) is 11.1 Å². The highest BCUT2D eigenvalue weighted by Gasteiger charge is 2.36. The molecular weight excluding hydrogens is 378 g/mol. The SMILES string of the molecule is CN1C(=O)CC(C)(c2cccc(-c3cccc4c3sc3ccccc34)c2)N=C1N. The minimum absolute atomic E-state index is 0.0167. The van der Waals surface area contributed by atoms with Crippen LogP contribution in [0.4, 0.5) is 0 Å². The molecule has 1 unspecified atom stereocenters. The summed E-state index contributed by atoms with van der Waals surface area (Å²) in [7, 11) is 1.67. The lowest BCUT2D eigenvalue weighted by molar-refractivity contribution is -0.128. The number of fused-ring (bicyclic) bond motifs is 3. The predicted octanol–water partition coefficient (Wildman–Crippen LogP) is 5.11. The third-order valence-corrected chi connectivity index (χ3v) is 6.99. The average Bonchev–Trinajstić information content (AvgIpc) is 3.11.